The molecule has 8 heteroatoms. The van der Waals surface area contributed by atoms with E-state index in [4.69, 9.17) is 4.74 Å². The first-order valence-corrected chi connectivity index (χ1v) is 7.50. The van der Waals surface area contributed by atoms with Crippen molar-refractivity contribution < 1.29 is 14.8 Å². The highest BCUT2D eigenvalue weighted by Gasteiger charge is 2.23. The number of phenols is 1. The molecule has 0 spiro atoms. The number of benzene rings is 2. The standard InChI is InChI=1S/C15H14BrN3O4/c1-2-23-15-13(20)7-6-10(14(15)19(21)22)9-17-18-12-5-3-4-11(16)8-12/h3-9,18,20H,2H2,1H3. The molecule has 7 nitrogen and oxygen atoms in total. The van der Waals surface area contributed by atoms with Gasteiger partial charge < -0.3 is 9.84 Å². The molecule has 0 saturated heterocycles. The number of phenolic OH excluding ortho intramolecular Hbond substituents is 1. The second-order valence-corrected chi connectivity index (χ2v) is 5.34. The molecular formula is C15H14BrN3O4. The summed E-state index contributed by atoms with van der Waals surface area (Å²) in [7, 11) is 0. The van der Waals surface area contributed by atoms with Gasteiger partial charge in [0, 0.05) is 4.47 Å². The van der Waals surface area contributed by atoms with Gasteiger partial charge >= 0.3 is 5.69 Å². The molecule has 0 fully saturated rings. The fraction of sp³-hybridized carbons (Fsp3) is 0.133. The number of hydrogen-bond acceptors (Lipinski definition) is 6. The highest BCUT2D eigenvalue weighted by molar-refractivity contribution is 9.10. The summed E-state index contributed by atoms with van der Waals surface area (Å²) in [5, 5.41) is 25.0. The van der Waals surface area contributed by atoms with Gasteiger partial charge in [0.15, 0.2) is 5.75 Å². The average molecular weight is 380 g/mol. The first kappa shape index (κ1) is 16.8. The number of halogens is 1. The summed E-state index contributed by atoms with van der Waals surface area (Å²) in [5.41, 5.74) is 3.40. The topological polar surface area (TPSA) is 97.0 Å². The van der Waals surface area contributed by atoms with Crippen molar-refractivity contribution >= 4 is 33.5 Å². The number of nitro benzene ring substituents is 1. The molecule has 0 bridgehead atoms. The lowest BCUT2D eigenvalue weighted by Crippen LogP contribution is -2.02. The van der Waals surface area contributed by atoms with E-state index in [9.17, 15) is 15.2 Å². The maximum absolute atomic E-state index is 11.3. The number of aromatic hydroxyl groups is 1. The van der Waals surface area contributed by atoms with Crippen molar-refractivity contribution in [1.29, 1.82) is 0 Å². The number of nitro groups is 1. The molecule has 2 aromatic carbocycles. The highest BCUT2D eigenvalue weighted by atomic mass is 79.9. The lowest BCUT2D eigenvalue weighted by Gasteiger charge is -2.08. The largest absolute Gasteiger partial charge is 0.504 e. The van der Waals surface area contributed by atoms with Gasteiger partial charge in [-0.25, -0.2) is 0 Å². The number of anilines is 1. The van der Waals surface area contributed by atoms with E-state index in [0.29, 0.717) is 0 Å². The summed E-state index contributed by atoms with van der Waals surface area (Å²) in [6, 6.07) is 10.1. The molecular weight excluding hydrogens is 366 g/mol. The van der Waals surface area contributed by atoms with Gasteiger partial charge in [-0.2, -0.15) is 5.10 Å². The summed E-state index contributed by atoms with van der Waals surface area (Å²) < 4.78 is 6.05. The van der Waals surface area contributed by atoms with Crippen LogP contribution in [0.2, 0.25) is 0 Å². The Morgan fingerprint density at radius 1 is 1.43 bits per heavy atom. The van der Waals surface area contributed by atoms with Gasteiger partial charge in [-0.15, -0.1) is 0 Å². The summed E-state index contributed by atoms with van der Waals surface area (Å²) >= 11 is 3.34. The zero-order chi connectivity index (χ0) is 16.8. The Morgan fingerprint density at radius 2 is 2.22 bits per heavy atom. The van der Waals surface area contributed by atoms with E-state index < -0.39 is 4.92 Å². The smallest absolute Gasteiger partial charge is 0.323 e. The van der Waals surface area contributed by atoms with Gasteiger partial charge in [0.1, 0.15) is 0 Å². The number of rotatable bonds is 6. The number of nitrogens with zero attached hydrogens (tertiary/aromatic N) is 2. The van der Waals surface area contributed by atoms with Crippen LogP contribution in [0.1, 0.15) is 12.5 Å². The van der Waals surface area contributed by atoms with E-state index in [1.165, 1.54) is 18.3 Å². The van der Waals surface area contributed by atoms with Gasteiger partial charge in [-0.05, 0) is 37.3 Å². The van der Waals surface area contributed by atoms with Gasteiger partial charge in [0.05, 0.1) is 29.0 Å². The molecule has 2 N–H and O–H groups in total. The first-order valence-electron chi connectivity index (χ1n) is 6.70. The number of ether oxygens (including phenoxy) is 1. The molecule has 0 aliphatic rings. The van der Waals surface area contributed by atoms with Crippen molar-refractivity contribution in [3.8, 4) is 11.5 Å². The molecule has 23 heavy (non-hydrogen) atoms. The van der Waals surface area contributed by atoms with Crippen LogP contribution in [0.4, 0.5) is 11.4 Å². The third-order valence-electron chi connectivity index (χ3n) is 2.84. The summed E-state index contributed by atoms with van der Waals surface area (Å²) in [5.74, 6) is -0.445. The van der Waals surface area contributed by atoms with Crippen LogP contribution in [0.5, 0.6) is 11.5 Å². The van der Waals surface area contributed by atoms with Crippen LogP contribution in [-0.4, -0.2) is 22.9 Å². The molecule has 0 atom stereocenters. The molecule has 2 aromatic rings. The van der Waals surface area contributed by atoms with Crippen LogP contribution in [0.15, 0.2) is 46.0 Å². The van der Waals surface area contributed by atoms with E-state index in [-0.39, 0.29) is 29.4 Å². The third kappa shape index (κ3) is 4.19. The van der Waals surface area contributed by atoms with Gasteiger partial charge in [0.25, 0.3) is 0 Å². The molecule has 0 unspecified atom stereocenters. The predicted molar refractivity (Wildman–Crippen MR) is 91.3 cm³/mol. The quantitative estimate of drug-likeness (QED) is 0.450. The lowest BCUT2D eigenvalue weighted by atomic mass is 10.1. The van der Waals surface area contributed by atoms with Crippen molar-refractivity contribution in [2.24, 2.45) is 5.10 Å². The van der Waals surface area contributed by atoms with E-state index >= 15 is 0 Å². The van der Waals surface area contributed by atoms with Crippen LogP contribution in [0.25, 0.3) is 0 Å². The first-order chi connectivity index (χ1) is 11.0. The fourth-order valence-electron chi connectivity index (χ4n) is 1.89. The summed E-state index contributed by atoms with van der Waals surface area (Å²) in [6.45, 7) is 1.88. The Morgan fingerprint density at radius 3 is 2.87 bits per heavy atom. The van der Waals surface area contributed by atoms with Gasteiger partial charge in [-0.1, -0.05) is 22.0 Å². The number of nitrogens with one attached hydrogen (secondary N) is 1. The molecule has 0 saturated carbocycles. The van der Waals surface area contributed by atoms with Crippen molar-refractivity contribution in [2.75, 3.05) is 12.0 Å². The van der Waals surface area contributed by atoms with E-state index in [1.54, 1.807) is 13.0 Å². The van der Waals surface area contributed by atoms with Crippen LogP contribution in [0, 0.1) is 10.1 Å². The monoisotopic (exact) mass is 379 g/mol. The van der Waals surface area contributed by atoms with E-state index in [0.717, 1.165) is 10.2 Å². The average Bonchev–Trinajstić information content (AvgIpc) is 2.50. The molecule has 0 aliphatic carbocycles. The van der Waals surface area contributed by atoms with Crippen molar-refractivity contribution in [1.82, 2.24) is 0 Å². The zero-order valence-corrected chi connectivity index (χ0v) is 13.8. The molecule has 0 amide bonds. The predicted octanol–water partition coefficient (Wildman–Crippen LogP) is 3.91. The van der Waals surface area contributed by atoms with Gasteiger partial charge in [0.2, 0.25) is 5.75 Å². The molecule has 120 valence electrons. The zero-order valence-electron chi connectivity index (χ0n) is 12.2. The molecule has 0 aliphatic heterocycles. The second-order valence-electron chi connectivity index (χ2n) is 4.42. The number of hydrogen-bond donors (Lipinski definition) is 2. The maximum atomic E-state index is 11.3. The Labute approximate surface area is 140 Å². The minimum Gasteiger partial charge on any atom is -0.504 e. The summed E-state index contributed by atoms with van der Waals surface area (Å²) in [4.78, 5) is 10.7. The summed E-state index contributed by atoms with van der Waals surface area (Å²) in [6.07, 6.45) is 1.31. The van der Waals surface area contributed by atoms with Crippen LogP contribution in [-0.2, 0) is 0 Å². The van der Waals surface area contributed by atoms with E-state index in [1.807, 2.05) is 18.2 Å². The Kier molecular flexibility index (Phi) is 5.53. The minimum atomic E-state index is -0.606. The van der Waals surface area contributed by atoms with Gasteiger partial charge in [-0.3, -0.25) is 15.5 Å². The number of hydrazone groups is 1. The van der Waals surface area contributed by atoms with Crippen molar-refractivity contribution in [3.05, 3.63) is 56.5 Å². The maximum Gasteiger partial charge on any atom is 0.323 e. The Hall–Kier alpha value is -2.61. The van der Waals surface area contributed by atoms with Crippen LogP contribution in [0.3, 0.4) is 0 Å². The molecule has 0 heterocycles. The second kappa shape index (κ2) is 7.59. The van der Waals surface area contributed by atoms with Crippen LogP contribution < -0.4 is 10.2 Å². The minimum absolute atomic E-state index is 0.163. The SMILES string of the molecule is CCOc1c(O)ccc(C=NNc2cccc(Br)c2)c1[N+](=O)[O-]. The van der Waals surface area contributed by atoms with Crippen LogP contribution >= 0.6 is 15.9 Å². The third-order valence-corrected chi connectivity index (χ3v) is 3.33. The Balaban J connectivity index is 2.30. The van der Waals surface area contributed by atoms with Crippen molar-refractivity contribution in [3.63, 3.8) is 0 Å². The van der Waals surface area contributed by atoms with Crippen molar-refractivity contribution in [2.45, 2.75) is 6.92 Å². The van der Waals surface area contributed by atoms with E-state index in [2.05, 4.69) is 26.5 Å². The highest BCUT2D eigenvalue weighted by Crippen LogP contribution is 2.38. The normalized spacial score (nSPS) is 10.7. The lowest BCUT2D eigenvalue weighted by molar-refractivity contribution is -0.386. The molecule has 0 aromatic heterocycles. The fourth-order valence-corrected chi connectivity index (χ4v) is 2.29. The molecule has 2 rings (SSSR count). The molecule has 0 radical (unpaired) electrons. The Bertz CT molecular complexity index is 749.